The van der Waals surface area contributed by atoms with Crippen LogP contribution in [0.25, 0.3) is 10.9 Å². The number of amides is 3. The van der Waals surface area contributed by atoms with Crippen molar-refractivity contribution in [2.24, 2.45) is 0 Å². The number of ether oxygens (including phenoxy) is 3. The van der Waals surface area contributed by atoms with Gasteiger partial charge in [0.1, 0.15) is 27.1 Å². The van der Waals surface area contributed by atoms with Crippen molar-refractivity contribution in [2.75, 3.05) is 28.4 Å². The molecule has 52 heavy (non-hydrogen) atoms. The molecular weight excluding hydrogens is 726 g/mol. The van der Waals surface area contributed by atoms with Crippen LogP contribution in [0.5, 0.6) is 17.2 Å². The number of fused-ring (bicyclic) bond motifs is 1. The SMILES string of the molecule is CC(C)c1cc(N2C(=O)C(OC(=O)C(F)(F)F)N(c3cncc(C(F)(F)F)c3)C2=O)ccc1Oc1ccnc2cc(OCCCS(C)(=O)=O)ccc12. The lowest BCUT2D eigenvalue weighted by Crippen LogP contribution is -2.42. The van der Waals surface area contributed by atoms with Crippen LogP contribution in [-0.2, 0) is 30.3 Å². The monoisotopic (exact) mass is 754 g/mol. The van der Waals surface area contributed by atoms with E-state index in [1.165, 1.54) is 24.4 Å². The van der Waals surface area contributed by atoms with Crippen LogP contribution in [0, 0.1) is 0 Å². The summed E-state index contributed by atoms with van der Waals surface area (Å²) in [6.07, 6.45) is -9.23. The molecule has 0 spiro atoms. The maximum absolute atomic E-state index is 13.7. The maximum atomic E-state index is 13.7. The molecule has 3 amide bonds. The molecule has 0 aliphatic carbocycles. The van der Waals surface area contributed by atoms with Crippen molar-refractivity contribution < 1.29 is 63.4 Å². The molecule has 1 saturated heterocycles. The van der Waals surface area contributed by atoms with Crippen LogP contribution in [-0.4, -0.2) is 67.3 Å². The third-order valence-corrected chi connectivity index (χ3v) is 8.57. The number of halogens is 6. The summed E-state index contributed by atoms with van der Waals surface area (Å²) in [6.45, 7) is 3.64. The summed E-state index contributed by atoms with van der Waals surface area (Å²) in [5.74, 6) is -3.72. The first kappa shape index (κ1) is 37.8. The van der Waals surface area contributed by atoms with Gasteiger partial charge in [0, 0.05) is 30.1 Å². The van der Waals surface area contributed by atoms with Crippen LogP contribution in [0.4, 0.5) is 42.5 Å². The Balaban J connectivity index is 1.46. The highest BCUT2D eigenvalue weighted by atomic mass is 32.2. The quantitative estimate of drug-likeness (QED) is 0.0695. The second-order valence-electron chi connectivity index (χ2n) is 11.8. The largest absolute Gasteiger partial charge is 0.493 e. The average Bonchev–Trinajstić information content (AvgIpc) is 3.30. The highest BCUT2D eigenvalue weighted by Gasteiger charge is 2.53. The first-order valence-corrected chi connectivity index (χ1v) is 17.3. The van der Waals surface area contributed by atoms with E-state index in [1.807, 2.05) is 0 Å². The first-order valence-electron chi connectivity index (χ1n) is 15.2. The van der Waals surface area contributed by atoms with Gasteiger partial charge in [-0.05, 0) is 60.4 Å². The van der Waals surface area contributed by atoms with Crippen molar-refractivity contribution in [2.45, 2.75) is 44.8 Å². The van der Waals surface area contributed by atoms with Crippen molar-refractivity contribution in [1.29, 1.82) is 0 Å². The molecule has 1 aliphatic rings. The zero-order valence-corrected chi connectivity index (χ0v) is 28.2. The molecule has 3 heterocycles. The molecule has 12 nitrogen and oxygen atoms in total. The van der Waals surface area contributed by atoms with Gasteiger partial charge in [0.05, 0.1) is 41.0 Å². The van der Waals surface area contributed by atoms with Gasteiger partial charge in [0.15, 0.2) is 0 Å². The lowest BCUT2D eigenvalue weighted by Gasteiger charge is -2.22. The number of aromatic nitrogens is 2. The Labute approximate surface area is 291 Å². The lowest BCUT2D eigenvalue weighted by atomic mass is 10.0. The number of carbonyl (C=O) groups excluding carboxylic acids is 3. The molecular formula is C33H28F6N4O8S. The highest BCUT2D eigenvalue weighted by Crippen LogP contribution is 2.40. The molecule has 276 valence electrons. The number of carbonyl (C=O) groups is 3. The molecule has 2 aromatic carbocycles. The third-order valence-electron chi connectivity index (χ3n) is 7.54. The summed E-state index contributed by atoms with van der Waals surface area (Å²) in [4.78, 5) is 47.2. The molecule has 19 heteroatoms. The summed E-state index contributed by atoms with van der Waals surface area (Å²) in [5.41, 5.74) is -1.48. The molecule has 0 radical (unpaired) electrons. The molecule has 2 aromatic heterocycles. The zero-order chi connectivity index (χ0) is 38.2. The summed E-state index contributed by atoms with van der Waals surface area (Å²) in [6, 6.07) is 9.41. The second-order valence-corrected chi connectivity index (χ2v) is 14.1. The minimum atomic E-state index is -5.61. The standard InChI is InChI=1S/C33H28F6N4O8S/c1-18(2)24-14-20(5-8-26(24)50-27-9-10-41-25-15-22(6-7-23(25)27)49-11-4-12-52(3,47)48)42-28(44)29(51-30(45)33(37,38)39)43(31(42)46)21-13-19(16-40-17-21)32(34,35)36/h5-10,13-18,29H,4,11-12H2,1-3H3. The van der Waals surface area contributed by atoms with Crippen LogP contribution < -0.4 is 19.3 Å². The normalized spacial score (nSPS) is 15.5. The Bertz CT molecular complexity index is 2140. The first-order chi connectivity index (χ1) is 24.2. The number of hydrogen-bond acceptors (Lipinski definition) is 10. The van der Waals surface area contributed by atoms with E-state index in [0.717, 1.165) is 6.26 Å². The maximum Gasteiger partial charge on any atom is 0.491 e. The van der Waals surface area contributed by atoms with Crippen LogP contribution >= 0.6 is 0 Å². The summed E-state index contributed by atoms with van der Waals surface area (Å²) >= 11 is 0. The van der Waals surface area contributed by atoms with Gasteiger partial charge in [-0.3, -0.25) is 14.8 Å². The number of sulfone groups is 1. The van der Waals surface area contributed by atoms with Crippen molar-refractivity contribution in [3.8, 4) is 17.2 Å². The van der Waals surface area contributed by atoms with Gasteiger partial charge >= 0.3 is 24.4 Å². The Kier molecular flexibility index (Phi) is 10.4. The van der Waals surface area contributed by atoms with E-state index >= 15 is 0 Å². The van der Waals surface area contributed by atoms with E-state index in [0.29, 0.717) is 51.3 Å². The van der Waals surface area contributed by atoms with Crippen molar-refractivity contribution in [3.63, 3.8) is 0 Å². The Morgan fingerprint density at radius 3 is 2.33 bits per heavy atom. The molecule has 5 rings (SSSR count). The number of rotatable bonds is 11. The zero-order valence-electron chi connectivity index (χ0n) is 27.4. The topological polar surface area (TPSA) is 145 Å². The number of urea groups is 1. The van der Waals surface area contributed by atoms with Gasteiger partial charge in [0.2, 0.25) is 0 Å². The number of esters is 1. The predicted octanol–water partition coefficient (Wildman–Crippen LogP) is 6.78. The summed E-state index contributed by atoms with van der Waals surface area (Å²) in [5, 5.41) is 0.550. The Morgan fingerprint density at radius 1 is 0.942 bits per heavy atom. The molecule has 0 bridgehead atoms. The summed E-state index contributed by atoms with van der Waals surface area (Å²) in [7, 11) is -3.14. The van der Waals surface area contributed by atoms with Crippen molar-refractivity contribution in [1.82, 2.24) is 9.97 Å². The molecule has 1 aliphatic heterocycles. The number of hydrogen-bond donors (Lipinski definition) is 0. The lowest BCUT2D eigenvalue weighted by molar-refractivity contribution is -0.204. The Morgan fingerprint density at radius 2 is 1.67 bits per heavy atom. The molecule has 0 N–H and O–H groups in total. The van der Waals surface area contributed by atoms with E-state index in [4.69, 9.17) is 9.47 Å². The van der Waals surface area contributed by atoms with Gasteiger partial charge in [-0.15, -0.1) is 0 Å². The molecule has 4 aromatic rings. The second kappa shape index (κ2) is 14.3. The van der Waals surface area contributed by atoms with E-state index < -0.39 is 57.6 Å². The van der Waals surface area contributed by atoms with Gasteiger partial charge < -0.3 is 14.2 Å². The predicted molar refractivity (Wildman–Crippen MR) is 173 cm³/mol. The number of imide groups is 1. The third kappa shape index (κ3) is 8.35. The van der Waals surface area contributed by atoms with Crippen molar-refractivity contribution in [3.05, 3.63) is 78.2 Å². The van der Waals surface area contributed by atoms with Crippen LogP contribution in [0.3, 0.4) is 0 Å². The fourth-order valence-corrected chi connectivity index (χ4v) is 5.76. The minimum Gasteiger partial charge on any atom is -0.493 e. The molecule has 1 fully saturated rings. The van der Waals surface area contributed by atoms with Crippen LogP contribution in [0.2, 0.25) is 0 Å². The Hall–Kier alpha value is -5.46. The number of alkyl halides is 6. The van der Waals surface area contributed by atoms with Crippen molar-refractivity contribution >= 4 is 50.0 Å². The minimum absolute atomic E-state index is 0.0362. The number of pyridine rings is 2. The van der Waals surface area contributed by atoms with E-state index in [-0.39, 0.29) is 41.0 Å². The van der Waals surface area contributed by atoms with Gasteiger partial charge in [0.25, 0.3) is 12.1 Å². The number of anilines is 2. The van der Waals surface area contributed by atoms with E-state index in [1.54, 1.807) is 38.1 Å². The highest BCUT2D eigenvalue weighted by molar-refractivity contribution is 7.90. The average molecular weight is 755 g/mol. The van der Waals surface area contributed by atoms with E-state index in [9.17, 15) is 49.1 Å². The van der Waals surface area contributed by atoms with E-state index in [2.05, 4.69) is 14.7 Å². The van der Waals surface area contributed by atoms with Gasteiger partial charge in [-0.1, -0.05) is 13.8 Å². The van der Waals surface area contributed by atoms with Gasteiger partial charge in [-0.2, -0.15) is 26.3 Å². The summed E-state index contributed by atoms with van der Waals surface area (Å²) < 4.78 is 119. The fourth-order valence-electron chi connectivity index (χ4n) is 5.12. The number of benzene rings is 2. The number of nitrogens with zero attached hydrogens (tertiary/aromatic N) is 4. The van der Waals surface area contributed by atoms with Gasteiger partial charge in [-0.25, -0.2) is 27.8 Å². The molecule has 1 atom stereocenters. The fraction of sp³-hybridized carbons (Fsp3) is 0.303. The smallest absolute Gasteiger partial charge is 0.491 e. The molecule has 1 unspecified atom stereocenters. The van der Waals surface area contributed by atoms with Crippen LogP contribution in [0.15, 0.2) is 67.1 Å². The molecule has 0 saturated carbocycles. The van der Waals surface area contributed by atoms with Crippen LogP contribution in [0.1, 0.15) is 37.3 Å².